The van der Waals surface area contributed by atoms with Crippen LogP contribution in [0.2, 0.25) is 0 Å². The zero-order chi connectivity index (χ0) is 16.7. The monoisotopic (exact) mass is 347 g/mol. The summed E-state index contributed by atoms with van der Waals surface area (Å²) in [5.74, 6) is -0.869. The quantitative estimate of drug-likeness (QED) is 0.715. The van der Waals surface area contributed by atoms with Gasteiger partial charge in [0, 0.05) is 38.2 Å². The average molecular weight is 347 g/mol. The highest BCUT2D eigenvalue weighted by Gasteiger charge is 2.19. The summed E-state index contributed by atoms with van der Waals surface area (Å²) in [6.07, 6.45) is 0.609. The fraction of sp³-hybridized carbons (Fsp3) is 0.294. The van der Waals surface area contributed by atoms with E-state index in [1.165, 1.54) is 17.4 Å². The fourth-order valence-corrected chi connectivity index (χ4v) is 3.87. The molecule has 0 spiro atoms. The molecule has 0 atom stereocenters. The maximum atomic E-state index is 13.9. The molecule has 2 aromatic heterocycles. The Morgan fingerprint density at radius 1 is 1.17 bits per heavy atom. The molecule has 3 aromatic rings. The minimum absolute atomic E-state index is 0.0104. The lowest BCUT2D eigenvalue weighted by molar-refractivity contribution is 0.266. The van der Waals surface area contributed by atoms with E-state index in [1.807, 2.05) is 16.3 Å². The highest BCUT2D eigenvalue weighted by Crippen LogP contribution is 2.18. The van der Waals surface area contributed by atoms with Gasteiger partial charge in [0.2, 0.25) is 0 Å². The Morgan fingerprint density at radius 3 is 2.92 bits per heavy atom. The number of halogens is 2. The standard InChI is InChI=1S/C17H15F2N3OS/c18-12-3-1-2-11(15(12)19)10-21-6-4-14-20-13-5-9-24-16(13)17(23)22(14)8-7-21/h1-3,5,9H,4,6-8,10H2. The highest BCUT2D eigenvalue weighted by molar-refractivity contribution is 7.17. The Kier molecular flexibility index (Phi) is 3.90. The zero-order valence-electron chi connectivity index (χ0n) is 12.8. The molecule has 4 rings (SSSR count). The van der Waals surface area contributed by atoms with Gasteiger partial charge in [-0.2, -0.15) is 0 Å². The van der Waals surface area contributed by atoms with E-state index in [0.717, 1.165) is 17.4 Å². The third-order valence-corrected chi connectivity index (χ3v) is 5.25. The van der Waals surface area contributed by atoms with Gasteiger partial charge in [-0.15, -0.1) is 11.3 Å². The average Bonchev–Trinajstić information content (AvgIpc) is 2.95. The molecule has 0 saturated heterocycles. The maximum Gasteiger partial charge on any atom is 0.271 e. The molecule has 1 aromatic carbocycles. The van der Waals surface area contributed by atoms with Crippen LogP contribution in [0, 0.1) is 11.6 Å². The molecule has 0 bridgehead atoms. The molecule has 0 aliphatic carbocycles. The van der Waals surface area contributed by atoms with E-state index < -0.39 is 11.6 Å². The summed E-state index contributed by atoms with van der Waals surface area (Å²) in [5, 5.41) is 1.87. The second-order valence-corrected chi connectivity index (χ2v) is 6.77. The number of nitrogens with zero attached hydrogens (tertiary/aromatic N) is 3. The second-order valence-electron chi connectivity index (χ2n) is 5.86. The minimum atomic E-state index is -0.830. The highest BCUT2D eigenvalue weighted by atomic mass is 32.1. The molecule has 1 aliphatic rings. The number of hydrogen-bond donors (Lipinski definition) is 0. The van der Waals surface area contributed by atoms with Gasteiger partial charge in [-0.3, -0.25) is 14.3 Å². The topological polar surface area (TPSA) is 38.1 Å². The van der Waals surface area contributed by atoms with Gasteiger partial charge in [0.15, 0.2) is 11.6 Å². The van der Waals surface area contributed by atoms with Gasteiger partial charge in [0.05, 0.1) is 5.52 Å². The van der Waals surface area contributed by atoms with Crippen LogP contribution in [0.3, 0.4) is 0 Å². The SMILES string of the molecule is O=c1c2sccc2nc2n1CCN(Cc1cccc(F)c1F)CC2. The number of fused-ring (bicyclic) bond motifs is 2. The van der Waals surface area contributed by atoms with Crippen molar-refractivity contribution in [3.05, 3.63) is 63.0 Å². The van der Waals surface area contributed by atoms with E-state index in [2.05, 4.69) is 4.98 Å². The number of benzene rings is 1. The Bertz CT molecular complexity index is 966. The Morgan fingerprint density at radius 2 is 2.04 bits per heavy atom. The van der Waals surface area contributed by atoms with Crippen molar-refractivity contribution in [3.8, 4) is 0 Å². The van der Waals surface area contributed by atoms with Crippen LogP contribution in [0.1, 0.15) is 11.4 Å². The summed E-state index contributed by atoms with van der Waals surface area (Å²) >= 11 is 1.40. The van der Waals surface area contributed by atoms with E-state index in [0.29, 0.717) is 42.9 Å². The molecule has 24 heavy (non-hydrogen) atoms. The molecular formula is C17H15F2N3OS. The van der Waals surface area contributed by atoms with Crippen LogP contribution in [0.15, 0.2) is 34.4 Å². The zero-order valence-corrected chi connectivity index (χ0v) is 13.7. The smallest absolute Gasteiger partial charge is 0.271 e. The fourth-order valence-electron chi connectivity index (χ4n) is 3.09. The van der Waals surface area contributed by atoms with Gasteiger partial charge in [-0.1, -0.05) is 12.1 Å². The molecule has 124 valence electrons. The Balaban J connectivity index is 1.60. The summed E-state index contributed by atoms with van der Waals surface area (Å²) in [4.78, 5) is 19.2. The molecule has 4 nitrogen and oxygen atoms in total. The lowest BCUT2D eigenvalue weighted by Gasteiger charge is -2.19. The van der Waals surface area contributed by atoms with Crippen molar-refractivity contribution in [2.75, 3.05) is 13.1 Å². The lowest BCUT2D eigenvalue weighted by Crippen LogP contribution is -2.28. The predicted molar refractivity (Wildman–Crippen MR) is 89.2 cm³/mol. The number of aromatic nitrogens is 2. The van der Waals surface area contributed by atoms with Crippen LogP contribution < -0.4 is 5.56 Å². The van der Waals surface area contributed by atoms with Crippen molar-refractivity contribution in [3.63, 3.8) is 0 Å². The van der Waals surface area contributed by atoms with Gasteiger partial charge in [-0.05, 0) is 17.5 Å². The van der Waals surface area contributed by atoms with Gasteiger partial charge < -0.3 is 0 Å². The van der Waals surface area contributed by atoms with Gasteiger partial charge in [0.25, 0.3) is 5.56 Å². The Labute approximate surface area is 141 Å². The van der Waals surface area contributed by atoms with E-state index >= 15 is 0 Å². The van der Waals surface area contributed by atoms with Crippen molar-refractivity contribution >= 4 is 21.6 Å². The van der Waals surface area contributed by atoms with Gasteiger partial charge in [-0.25, -0.2) is 13.8 Å². The molecule has 3 heterocycles. The first-order chi connectivity index (χ1) is 11.6. The molecular weight excluding hydrogens is 332 g/mol. The third-order valence-electron chi connectivity index (χ3n) is 4.36. The molecule has 1 aliphatic heterocycles. The van der Waals surface area contributed by atoms with Crippen molar-refractivity contribution in [1.29, 1.82) is 0 Å². The minimum Gasteiger partial charge on any atom is -0.297 e. The van der Waals surface area contributed by atoms with Crippen molar-refractivity contribution < 1.29 is 8.78 Å². The second kappa shape index (κ2) is 6.07. The van der Waals surface area contributed by atoms with Crippen LogP contribution in [0.5, 0.6) is 0 Å². The van der Waals surface area contributed by atoms with Gasteiger partial charge in [0.1, 0.15) is 10.5 Å². The Hall–Kier alpha value is -2.12. The molecule has 0 saturated carbocycles. The van der Waals surface area contributed by atoms with Gasteiger partial charge >= 0.3 is 0 Å². The van der Waals surface area contributed by atoms with Crippen LogP contribution >= 0.6 is 11.3 Å². The van der Waals surface area contributed by atoms with Crippen LogP contribution in [0.4, 0.5) is 8.78 Å². The first-order valence-electron chi connectivity index (χ1n) is 7.75. The van der Waals surface area contributed by atoms with E-state index in [4.69, 9.17) is 0 Å². The number of rotatable bonds is 2. The number of thiophene rings is 1. The largest absolute Gasteiger partial charge is 0.297 e. The summed E-state index contributed by atoms with van der Waals surface area (Å²) in [6.45, 7) is 2.08. The summed E-state index contributed by atoms with van der Waals surface area (Å²) in [6, 6.07) is 6.08. The molecule has 0 unspecified atom stereocenters. The summed E-state index contributed by atoms with van der Waals surface area (Å²) in [5.41, 5.74) is 1.06. The molecule has 0 radical (unpaired) electrons. The number of hydrogen-bond acceptors (Lipinski definition) is 4. The maximum absolute atomic E-state index is 13.9. The third kappa shape index (κ3) is 2.63. The first-order valence-corrected chi connectivity index (χ1v) is 8.63. The summed E-state index contributed by atoms with van der Waals surface area (Å²) < 4.78 is 29.6. The van der Waals surface area contributed by atoms with E-state index in [9.17, 15) is 13.6 Å². The van der Waals surface area contributed by atoms with Crippen LogP contribution in [-0.4, -0.2) is 27.5 Å². The van der Waals surface area contributed by atoms with Crippen molar-refractivity contribution in [1.82, 2.24) is 14.5 Å². The molecule has 7 heteroatoms. The lowest BCUT2D eigenvalue weighted by atomic mass is 10.2. The summed E-state index contributed by atoms with van der Waals surface area (Å²) in [7, 11) is 0. The predicted octanol–water partition coefficient (Wildman–Crippen LogP) is 2.79. The first kappa shape index (κ1) is 15.4. The molecule has 0 amide bonds. The van der Waals surface area contributed by atoms with Crippen LogP contribution in [0.25, 0.3) is 10.2 Å². The normalized spacial score (nSPS) is 15.4. The molecule has 0 fully saturated rings. The molecule has 0 N–H and O–H groups in total. The van der Waals surface area contributed by atoms with E-state index in [-0.39, 0.29) is 5.56 Å². The van der Waals surface area contributed by atoms with E-state index in [1.54, 1.807) is 10.6 Å². The van der Waals surface area contributed by atoms with Crippen LogP contribution in [-0.2, 0) is 19.5 Å². The van der Waals surface area contributed by atoms with Crippen molar-refractivity contribution in [2.24, 2.45) is 0 Å². The van der Waals surface area contributed by atoms with Crippen molar-refractivity contribution in [2.45, 2.75) is 19.5 Å².